The summed E-state index contributed by atoms with van der Waals surface area (Å²) >= 11 is 0.903. The van der Waals surface area contributed by atoms with Gasteiger partial charge in [-0.2, -0.15) is 4.98 Å². The number of aromatic nitrogens is 1. The van der Waals surface area contributed by atoms with Crippen LogP contribution < -0.4 is 16.6 Å². The van der Waals surface area contributed by atoms with Gasteiger partial charge in [-0.25, -0.2) is 4.39 Å². The van der Waals surface area contributed by atoms with Crippen LogP contribution in [0.3, 0.4) is 0 Å². The second-order valence-electron chi connectivity index (χ2n) is 3.36. The van der Waals surface area contributed by atoms with Gasteiger partial charge in [-0.15, -0.1) is 17.0 Å². The van der Waals surface area contributed by atoms with E-state index < -0.39 is 17.3 Å². The number of carbonyl (C=O) groups excluding carboxylic acids is 1. The highest BCUT2D eigenvalue weighted by molar-refractivity contribution is 8.93. The van der Waals surface area contributed by atoms with Crippen LogP contribution >= 0.6 is 28.3 Å². The maximum atomic E-state index is 12.7. The first kappa shape index (κ1) is 15.3. The molecule has 1 aromatic carbocycles. The van der Waals surface area contributed by atoms with Crippen LogP contribution in [-0.2, 0) is 0 Å². The molecule has 0 unspecified atom stereocenters. The molecule has 2 aromatic rings. The lowest BCUT2D eigenvalue weighted by atomic mass is 10.3. The number of benzene rings is 1. The average Bonchev–Trinajstić information content (AvgIpc) is 2.31. The molecule has 0 radical (unpaired) electrons. The van der Waals surface area contributed by atoms with Crippen molar-refractivity contribution in [3.63, 3.8) is 0 Å². The maximum Gasteiger partial charge on any atom is 0.273 e. The molecule has 0 fully saturated rings. The van der Waals surface area contributed by atoms with Crippen LogP contribution in [0.4, 0.5) is 15.2 Å². The summed E-state index contributed by atoms with van der Waals surface area (Å²) in [6, 6.07) is 6.37. The molecule has 1 amide bonds. The maximum absolute atomic E-state index is 12.7. The molecule has 0 aliphatic rings. The Balaban J connectivity index is 0.00000180. The first-order chi connectivity index (χ1) is 8.54. The minimum Gasteiger partial charge on any atom is -0.375 e. The van der Waals surface area contributed by atoms with Gasteiger partial charge in [-0.05, 0) is 24.3 Å². The van der Waals surface area contributed by atoms with Crippen molar-refractivity contribution < 1.29 is 9.18 Å². The van der Waals surface area contributed by atoms with Gasteiger partial charge >= 0.3 is 0 Å². The van der Waals surface area contributed by atoms with E-state index in [1.807, 2.05) is 0 Å². The van der Waals surface area contributed by atoms with Crippen molar-refractivity contribution >= 4 is 45.0 Å². The van der Waals surface area contributed by atoms with Crippen molar-refractivity contribution in [2.45, 2.75) is 0 Å². The van der Waals surface area contributed by atoms with Crippen LogP contribution in [0.25, 0.3) is 0 Å². The van der Waals surface area contributed by atoms with Crippen LogP contribution in [0.1, 0.15) is 9.67 Å². The third-order valence-electron chi connectivity index (χ3n) is 2.02. The Bertz CT molecular complexity index is 645. The van der Waals surface area contributed by atoms with Crippen molar-refractivity contribution in [2.75, 3.05) is 11.1 Å². The van der Waals surface area contributed by atoms with Gasteiger partial charge in [0.05, 0.1) is 0 Å². The lowest BCUT2D eigenvalue weighted by molar-refractivity contribution is 0.103. The van der Waals surface area contributed by atoms with E-state index in [9.17, 15) is 14.0 Å². The predicted octanol–water partition coefficient (Wildman–Crippen LogP) is 2.05. The van der Waals surface area contributed by atoms with Crippen molar-refractivity contribution in [3.05, 3.63) is 51.4 Å². The number of anilines is 2. The summed E-state index contributed by atoms with van der Waals surface area (Å²) in [4.78, 5) is 26.5. The topological polar surface area (TPSA) is 85.1 Å². The summed E-state index contributed by atoms with van der Waals surface area (Å²) in [5, 5.41) is 2.54. The monoisotopic (exact) mass is 345 g/mol. The van der Waals surface area contributed by atoms with Gasteiger partial charge in [0.25, 0.3) is 11.5 Å². The molecule has 0 spiro atoms. The van der Waals surface area contributed by atoms with E-state index in [2.05, 4.69) is 10.3 Å². The van der Waals surface area contributed by atoms with E-state index in [4.69, 9.17) is 5.73 Å². The Morgan fingerprint density at radius 2 is 1.95 bits per heavy atom. The van der Waals surface area contributed by atoms with Crippen molar-refractivity contribution in [3.8, 4) is 0 Å². The Hall–Kier alpha value is -1.80. The minimum atomic E-state index is -0.574. The number of nitrogens with one attached hydrogen (secondary N) is 1. The zero-order chi connectivity index (χ0) is 13.1. The molecule has 5 nitrogen and oxygen atoms in total. The van der Waals surface area contributed by atoms with Gasteiger partial charge in [0, 0.05) is 11.8 Å². The molecule has 0 atom stereocenters. The van der Waals surface area contributed by atoms with Gasteiger partial charge < -0.3 is 11.1 Å². The lowest BCUT2D eigenvalue weighted by Gasteiger charge is -2.04. The Labute approximate surface area is 122 Å². The summed E-state index contributed by atoms with van der Waals surface area (Å²) in [5.74, 6) is -0.886. The van der Waals surface area contributed by atoms with E-state index in [1.54, 1.807) is 0 Å². The molecular weight excluding hydrogens is 337 g/mol. The van der Waals surface area contributed by atoms with Crippen LogP contribution in [0.5, 0.6) is 0 Å². The summed E-state index contributed by atoms with van der Waals surface area (Å²) in [6.07, 6.45) is 0. The fraction of sp³-hybridized carbons (Fsp3) is 0. The van der Waals surface area contributed by atoms with Crippen molar-refractivity contribution in [2.24, 2.45) is 0 Å². The zero-order valence-corrected chi connectivity index (χ0v) is 12.0. The number of nitrogen functional groups attached to an aromatic ring is 1. The third-order valence-corrected chi connectivity index (χ3v) is 2.84. The lowest BCUT2D eigenvalue weighted by Crippen LogP contribution is -2.15. The van der Waals surface area contributed by atoms with Crippen molar-refractivity contribution in [1.29, 1.82) is 0 Å². The van der Waals surface area contributed by atoms with Gasteiger partial charge in [0.2, 0.25) is 0 Å². The van der Waals surface area contributed by atoms with E-state index in [0.29, 0.717) is 5.69 Å². The number of amides is 1. The minimum absolute atomic E-state index is 0. The van der Waals surface area contributed by atoms with Crippen LogP contribution in [0.15, 0.2) is 35.1 Å². The van der Waals surface area contributed by atoms with E-state index in [1.165, 1.54) is 24.3 Å². The molecule has 0 aliphatic carbocycles. The number of hydrogen-bond donors (Lipinski definition) is 2. The first-order valence-electron chi connectivity index (χ1n) is 4.89. The summed E-state index contributed by atoms with van der Waals surface area (Å²) in [7, 11) is 0. The molecule has 0 aliphatic heterocycles. The number of nitrogens with zero attached hydrogens (tertiary/aromatic N) is 1. The van der Waals surface area contributed by atoms with Gasteiger partial charge in [-0.3, -0.25) is 9.59 Å². The fourth-order valence-electron chi connectivity index (χ4n) is 1.26. The molecule has 0 saturated heterocycles. The zero-order valence-electron chi connectivity index (χ0n) is 9.42. The normalized spacial score (nSPS) is 9.53. The highest BCUT2D eigenvalue weighted by Gasteiger charge is 2.09. The van der Waals surface area contributed by atoms with Gasteiger partial charge in [0.1, 0.15) is 10.7 Å². The number of rotatable bonds is 2. The fourth-order valence-corrected chi connectivity index (χ4v) is 1.92. The predicted molar refractivity (Wildman–Crippen MR) is 77.5 cm³/mol. The van der Waals surface area contributed by atoms with Gasteiger partial charge in [0.15, 0.2) is 5.13 Å². The largest absolute Gasteiger partial charge is 0.375 e. The third kappa shape index (κ3) is 4.11. The number of halogens is 2. The van der Waals surface area contributed by atoms with Crippen LogP contribution in [0.2, 0.25) is 0 Å². The summed E-state index contributed by atoms with van der Waals surface area (Å²) in [5.41, 5.74) is 5.24. The molecule has 8 heteroatoms. The molecule has 1 heterocycles. The smallest absolute Gasteiger partial charge is 0.273 e. The number of carbonyl (C=O) groups is 1. The highest BCUT2D eigenvalue weighted by atomic mass is 79.9. The highest BCUT2D eigenvalue weighted by Crippen LogP contribution is 2.14. The SMILES string of the molecule is Br.Nc1nc(=O)cc(C(=O)Nc2ccc(F)cc2)s1. The molecular formula is C11H9BrFN3O2S. The molecule has 100 valence electrons. The second-order valence-corrected chi connectivity index (χ2v) is 4.42. The number of nitrogens with two attached hydrogens (primary N) is 1. The average molecular weight is 346 g/mol. The molecule has 3 N–H and O–H groups in total. The van der Waals surface area contributed by atoms with E-state index >= 15 is 0 Å². The summed E-state index contributed by atoms with van der Waals surface area (Å²) < 4.78 is 12.7. The number of hydrogen-bond acceptors (Lipinski definition) is 5. The van der Waals surface area contributed by atoms with Crippen LogP contribution in [0, 0.1) is 5.82 Å². The standard InChI is InChI=1S/C11H8FN3O2S.BrH/c12-6-1-3-7(4-2-6)14-10(17)8-5-9(16)15-11(13)18-8;/h1-5H,(H,14,17)(H2,13,15,16);1H. The molecule has 0 saturated carbocycles. The van der Waals surface area contributed by atoms with Crippen LogP contribution in [-0.4, -0.2) is 10.9 Å². The van der Waals surface area contributed by atoms with E-state index in [-0.39, 0.29) is 27.0 Å². The Kier molecular flexibility index (Phi) is 5.13. The van der Waals surface area contributed by atoms with Gasteiger partial charge in [-0.1, -0.05) is 11.3 Å². The molecule has 19 heavy (non-hydrogen) atoms. The second kappa shape index (κ2) is 6.39. The van der Waals surface area contributed by atoms with Crippen molar-refractivity contribution in [1.82, 2.24) is 4.98 Å². The Morgan fingerprint density at radius 1 is 1.32 bits per heavy atom. The quantitative estimate of drug-likeness (QED) is 0.872. The first-order valence-corrected chi connectivity index (χ1v) is 5.71. The molecule has 2 rings (SSSR count). The Morgan fingerprint density at radius 3 is 2.53 bits per heavy atom. The molecule has 1 aromatic heterocycles. The summed E-state index contributed by atoms with van der Waals surface area (Å²) in [6.45, 7) is 0. The van der Waals surface area contributed by atoms with E-state index in [0.717, 1.165) is 17.4 Å². The molecule has 0 bridgehead atoms.